The lowest BCUT2D eigenvalue weighted by atomic mass is 10.1. The number of nitrogens with one attached hydrogen (secondary N) is 1. The first-order valence-corrected chi connectivity index (χ1v) is 6.21. The second-order valence-electron chi connectivity index (χ2n) is 4.81. The van der Waals surface area contributed by atoms with Crippen molar-refractivity contribution in [2.24, 2.45) is 4.99 Å². The summed E-state index contributed by atoms with van der Waals surface area (Å²) in [5.41, 5.74) is 5.29. The van der Waals surface area contributed by atoms with Crippen LogP contribution in [0.3, 0.4) is 0 Å². The zero-order valence-electron chi connectivity index (χ0n) is 10.9. The van der Waals surface area contributed by atoms with Crippen molar-refractivity contribution in [2.45, 2.75) is 13.8 Å². The van der Waals surface area contributed by atoms with Crippen LogP contribution in [-0.2, 0) is 4.79 Å². The molecule has 1 heterocycles. The Morgan fingerprint density at radius 1 is 1.00 bits per heavy atom. The van der Waals surface area contributed by atoms with Gasteiger partial charge in [0.15, 0.2) is 0 Å². The number of aliphatic imine (C=N–C) groups is 1. The van der Waals surface area contributed by atoms with Crippen molar-refractivity contribution in [3.63, 3.8) is 0 Å². The third kappa shape index (κ3) is 2.15. The molecule has 0 saturated carbocycles. The van der Waals surface area contributed by atoms with E-state index in [2.05, 4.69) is 16.4 Å². The van der Waals surface area contributed by atoms with Gasteiger partial charge in [-0.15, -0.1) is 0 Å². The molecule has 1 amide bonds. The molecule has 3 rings (SSSR count). The van der Waals surface area contributed by atoms with Crippen LogP contribution in [0.1, 0.15) is 16.7 Å². The Kier molecular flexibility index (Phi) is 2.67. The highest BCUT2D eigenvalue weighted by molar-refractivity contribution is 6.54. The van der Waals surface area contributed by atoms with Crippen LogP contribution in [0.25, 0.3) is 0 Å². The van der Waals surface area contributed by atoms with Crippen molar-refractivity contribution in [1.29, 1.82) is 0 Å². The number of aryl methyl sites for hydroxylation is 2. The molecule has 0 radical (unpaired) electrons. The van der Waals surface area contributed by atoms with E-state index in [1.807, 2.05) is 50.2 Å². The van der Waals surface area contributed by atoms with E-state index in [1.54, 1.807) is 0 Å². The molecule has 2 aromatic carbocycles. The summed E-state index contributed by atoms with van der Waals surface area (Å²) in [4.78, 5) is 16.5. The topological polar surface area (TPSA) is 41.5 Å². The van der Waals surface area contributed by atoms with E-state index in [-0.39, 0.29) is 5.91 Å². The molecule has 1 aliphatic heterocycles. The van der Waals surface area contributed by atoms with Crippen LogP contribution < -0.4 is 5.32 Å². The van der Waals surface area contributed by atoms with Crippen LogP contribution in [-0.4, -0.2) is 11.6 Å². The lowest BCUT2D eigenvalue weighted by molar-refractivity contribution is -0.110. The number of rotatable bonds is 1. The third-order valence-electron chi connectivity index (χ3n) is 3.09. The molecule has 0 atom stereocenters. The fourth-order valence-electron chi connectivity index (χ4n) is 2.36. The Bertz CT molecular complexity index is 681. The minimum atomic E-state index is -0.139. The highest BCUT2D eigenvalue weighted by atomic mass is 16.2. The fourth-order valence-corrected chi connectivity index (χ4v) is 2.36. The molecule has 0 bridgehead atoms. The van der Waals surface area contributed by atoms with Crippen LogP contribution in [0.5, 0.6) is 0 Å². The molecule has 1 N–H and O–H groups in total. The van der Waals surface area contributed by atoms with Gasteiger partial charge < -0.3 is 5.32 Å². The SMILES string of the molecule is Cc1cc(C)cc(N=C2C(=O)Nc3ccccc32)c1. The van der Waals surface area contributed by atoms with Gasteiger partial charge in [0.2, 0.25) is 0 Å². The van der Waals surface area contributed by atoms with E-state index in [0.717, 1.165) is 28.1 Å². The lowest BCUT2D eigenvalue weighted by Gasteiger charge is -2.01. The monoisotopic (exact) mass is 250 g/mol. The first kappa shape index (κ1) is 11.7. The summed E-state index contributed by atoms with van der Waals surface area (Å²) >= 11 is 0. The number of fused-ring (bicyclic) bond motifs is 1. The molecule has 0 aliphatic carbocycles. The summed E-state index contributed by atoms with van der Waals surface area (Å²) in [5.74, 6) is -0.139. The van der Waals surface area contributed by atoms with E-state index in [1.165, 1.54) is 0 Å². The Morgan fingerprint density at radius 2 is 1.68 bits per heavy atom. The highest BCUT2D eigenvalue weighted by Gasteiger charge is 2.25. The summed E-state index contributed by atoms with van der Waals surface area (Å²) in [5, 5.41) is 2.83. The molecule has 0 unspecified atom stereocenters. The molecule has 1 aliphatic rings. The predicted molar refractivity (Wildman–Crippen MR) is 77.2 cm³/mol. The molecule has 0 saturated heterocycles. The van der Waals surface area contributed by atoms with Crippen molar-refractivity contribution in [1.82, 2.24) is 0 Å². The average Bonchev–Trinajstić information content (AvgIpc) is 2.65. The van der Waals surface area contributed by atoms with E-state index in [9.17, 15) is 4.79 Å². The standard InChI is InChI=1S/C16H14N2O/c1-10-7-11(2)9-12(8-10)17-15-13-5-3-4-6-14(13)18-16(15)19/h3-9H,1-2H3,(H,17,18,19). The zero-order chi connectivity index (χ0) is 13.4. The molecule has 0 aromatic heterocycles. The van der Waals surface area contributed by atoms with E-state index >= 15 is 0 Å². The number of para-hydroxylation sites is 1. The Morgan fingerprint density at radius 3 is 2.42 bits per heavy atom. The molecule has 19 heavy (non-hydrogen) atoms. The van der Waals surface area contributed by atoms with Crippen molar-refractivity contribution in [3.8, 4) is 0 Å². The largest absolute Gasteiger partial charge is 0.320 e. The summed E-state index contributed by atoms with van der Waals surface area (Å²) in [6.07, 6.45) is 0. The summed E-state index contributed by atoms with van der Waals surface area (Å²) in [7, 11) is 0. The second-order valence-corrected chi connectivity index (χ2v) is 4.81. The highest BCUT2D eigenvalue weighted by Crippen LogP contribution is 2.26. The van der Waals surface area contributed by atoms with Crippen LogP contribution >= 0.6 is 0 Å². The quantitative estimate of drug-likeness (QED) is 0.828. The normalized spacial score (nSPS) is 15.5. The summed E-state index contributed by atoms with van der Waals surface area (Å²) < 4.78 is 0. The number of anilines is 1. The Hall–Kier alpha value is -2.42. The Labute approximate surface area is 112 Å². The van der Waals surface area contributed by atoms with E-state index in [4.69, 9.17) is 0 Å². The molecule has 3 nitrogen and oxygen atoms in total. The maximum absolute atomic E-state index is 12.0. The van der Waals surface area contributed by atoms with Gasteiger partial charge >= 0.3 is 0 Å². The van der Waals surface area contributed by atoms with E-state index < -0.39 is 0 Å². The minimum Gasteiger partial charge on any atom is -0.320 e. The number of hydrogen-bond acceptors (Lipinski definition) is 2. The maximum Gasteiger partial charge on any atom is 0.275 e. The number of amides is 1. The molecule has 2 aromatic rings. The number of carbonyl (C=O) groups is 1. The number of nitrogens with zero attached hydrogens (tertiary/aromatic N) is 1. The molecular formula is C16H14N2O. The number of carbonyl (C=O) groups excluding carboxylic acids is 1. The van der Waals surface area contributed by atoms with Gasteiger partial charge in [0.25, 0.3) is 5.91 Å². The van der Waals surface area contributed by atoms with Crippen LogP contribution in [0.4, 0.5) is 11.4 Å². The van der Waals surface area contributed by atoms with Crippen molar-refractivity contribution >= 4 is 23.0 Å². The summed E-state index contributed by atoms with van der Waals surface area (Å²) in [6, 6.07) is 13.7. The maximum atomic E-state index is 12.0. The minimum absolute atomic E-state index is 0.139. The van der Waals surface area contributed by atoms with Gasteiger partial charge in [0, 0.05) is 5.56 Å². The third-order valence-corrected chi connectivity index (χ3v) is 3.09. The van der Waals surface area contributed by atoms with Crippen molar-refractivity contribution < 1.29 is 4.79 Å². The van der Waals surface area contributed by atoms with Gasteiger partial charge in [0.05, 0.1) is 11.4 Å². The van der Waals surface area contributed by atoms with Gasteiger partial charge in [-0.2, -0.15) is 0 Å². The fraction of sp³-hybridized carbons (Fsp3) is 0.125. The molecule has 0 spiro atoms. The first-order valence-electron chi connectivity index (χ1n) is 6.21. The van der Waals surface area contributed by atoms with Gasteiger partial charge in [0.1, 0.15) is 5.71 Å². The molecule has 94 valence electrons. The molecule has 0 fully saturated rings. The zero-order valence-corrected chi connectivity index (χ0v) is 10.9. The van der Waals surface area contributed by atoms with Crippen LogP contribution in [0.15, 0.2) is 47.5 Å². The first-order chi connectivity index (χ1) is 9.13. The van der Waals surface area contributed by atoms with Gasteiger partial charge in [-0.25, -0.2) is 4.99 Å². The molecule has 3 heteroatoms. The predicted octanol–water partition coefficient (Wildman–Crippen LogP) is 3.38. The lowest BCUT2D eigenvalue weighted by Crippen LogP contribution is -2.13. The number of benzene rings is 2. The van der Waals surface area contributed by atoms with Gasteiger partial charge in [-0.05, 0) is 43.2 Å². The molecular weight excluding hydrogens is 236 g/mol. The number of hydrogen-bond donors (Lipinski definition) is 1. The van der Waals surface area contributed by atoms with Crippen molar-refractivity contribution in [3.05, 3.63) is 59.2 Å². The second kappa shape index (κ2) is 4.35. The van der Waals surface area contributed by atoms with Crippen LogP contribution in [0.2, 0.25) is 0 Å². The van der Waals surface area contributed by atoms with Crippen LogP contribution in [0, 0.1) is 13.8 Å². The van der Waals surface area contributed by atoms with Gasteiger partial charge in [-0.1, -0.05) is 24.3 Å². The summed E-state index contributed by atoms with van der Waals surface area (Å²) in [6.45, 7) is 4.05. The van der Waals surface area contributed by atoms with E-state index in [0.29, 0.717) is 5.71 Å². The smallest absolute Gasteiger partial charge is 0.275 e. The Balaban J connectivity index is 2.11. The van der Waals surface area contributed by atoms with Crippen molar-refractivity contribution in [2.75, 3.05) is 5.32 Å². The average molecular weight is 250 g/mol. The van der Waals surface area contributed by atoms with Gasteiger partial charge in [-0.3, -0.25) is 4.79 Å².